The highest BCUT2D eigenvalue weighted by Gasteiger charge is 2.40. The fourth-order valence-corrected chi connectivity index (χ4v) is 1.25. The number of carbonyl (C=O) groups excluding carboxylic acids is 2. The molecule has 0 spiro atoms. The van der Waals surface area contributed by atoms with Crippen molar-refractivity contribution in [1.29, 1.82) is 0 Å². The zero-order valence-corrected chi connectivity index (χ0v) is 7.66. The van der Waals surface area contributed by atoms with Gasteiger partial charge in [0.05, 0.1) is 11.3 Å². The molecule has 0 aromatic heterocycles. The zero-order chi connectivity index (χ0) is 9.35. The van der Waals surface area contributed by atoms with Crippen LogP contribution in [0.2, 0.25) is 0 Å². The van der Waals surface area contributed by atoms with Crippen LogP contribution in [0.5, 0.6) is 0 Å². The molecule has 0 aromatic carbocycles. The number of carbonyl (C=O) groups is 2. The Balaban J connectivity index is 2.69. The number of rotatable bonds is 2. The molecule has 0 saturated carbocycles. The van der Waals surface area contributed by atoms with E-state index < -0.39 is 5.41 Å². The van der Waals surface area contributed by atoms with Gasteiger partial charge in [0.15, 0.2) is 0 Å². The Morgan fingerprint density at radius 2 is 2.17 bits per heavy atom. The van der Waals surface area contributed by atoms with Gasteiger partial charge in [-0.2, -0.15) is 0 Å². The number of ether oxygens (including phenoxy) is 1. The van der Waals surface area contributed by atoms with Gasteiger partial charge < -0.3 is 9.53 Å². The number of cyclic esters (lactones) is 1. The maximum atomic E-state index is 11.0. The van der Waals surface area contributed by atoms with Crippen molar-refractivity contribution in [1.82, 2.24) is 0 Å². The third-order valence-electron chi connectivity index (χ3n) is 2.36. The first kappa shape index (κ1) is 9.23. The molecule has 0 radical (unpaired) electrons. The van der Waals surface area contributed by atoms with Crippen LogP contribution in [0.3, 0.4) is 0 Å². The van der Waals surface area contributed by atoms with Crippen LogP contribution in [0.25, 0.3) is 0 Å². The monoisotopic (exact) mass is 170 g/mol. The standard InChI is InChI=1S/C9H14O3/c1-6-4-7(12-8(6)11)9(2,3)5-10/h5-7H,4H2,1-3H3. The molecule has 12 heavy (non-hydrogen) atoms. The lowest BCUT2D eigenvalue weighted by Gasteiger charge is -2.23. The molecule has 1 heterocycles. The fraction of sp³-hybridized carbons (Fsp3) is 0.778. The van der Waals surface area contributed by atoms with E-state index in [0.717, 1.165) is 6.29 Å². The molecule has 2 unspecified atom stereocenters. The van der Waals surface area contributed by atoms with Gasteiger partial charge in [0.25, 0.3) is 0 Å². The van der Waals surface area contributed by atoms with Crippen LogP contribution >= 0.6 is 0 Å². The number of aldehydes is 1. The van der Waals surface area contributed by atoms with Crippen molar-refractivity contribution in [3.8, 4) is 0 Å². The summed E-state index contributed by atoms with van der Waals surface area (Å²) in [5, 5.41) is 0. The Morgan fingerprint density at radius 3 is 2.50 bits per heavy atom. The lowest BCUT2D eigenvalue weighted by Crippen LogP contribution is -2.30. The molecule has 0 N–H and O–H groups in total. The van der Waals surface area contributed by atoms with Crippen LogP contribution in [0.4, 0.5) is 0 Å². The van der Waals surface area contributed by atoms with Crippen LogP contribution < -0.4 is 0 Å². The SMILES string of the molecule is CC1CC(C(C)(C)C=O)OC1=O. The first-order valence-corrected chi connectivity index (χ1v) is 4.14. The lowest BCUT2D eigenvalue weighted by atomic mass is 9.85. The largest absolute Gasteiger partial charge is 0.461 e. The van der Waals surface area contributed by atoms with Crippen molar-refractivity contribution < 1.29 is 14.3 Å². The van der Waals surface area contributed by atoms with Crippen molar-refractivity contribution in [2.45, 2.75) is 33.3 Å². The van der Waals surface area contributed by atoms with Gasteiger partial charge in [-0.1, -0.05) is 6.92 Å². The van der Waals surface area contributed by atoms with E-state index >= 15 is 0 Å². The highest BCUT2D eigenvalue weighted by molar-refractivity contribution is 5.75. The number of hydrogen-bond donors (Lipinski definition) is 0. The molecule has 0 amide bonds. The maximum Gasteiger partial charge on any atom is 0.309 e. The van der Waals surface area contributed by atoms with Gasteiger partial charge in [-0.15, -0.1) is 0 Å². The average Bonchev–Trinajstić information content (AvgIpc) is 2.33. The van der Waals surface area contributed by atoms with Gasteiger partial charge in [0.2, 0.25) is 0 Å². The Morgan fingerprint density at radius 1 is 1.58 bits per heavy atom. The predicted octanol–water partition coefficient (Wildman–Crippen LogP) is 1.16. The summed E-state index contributed by atoms with van der Waals surface area (Å²) in [7, 11) is 0. The van der Waals surface area contributed by atoms with Crippen LogP contribution in [-0.4, -0.2) is 18.4 Å². The highest BCUT2D eigenvalue weighted by atomic mass is 16.6. The molecule has 2 atom stereocenters. The summed E-state index contributed by atoms with van der Waals surface area (Å²) < 4.78 is 5.06. The van der Waals surface area contributed by atoms with E-state index in [1.807, 2.05) is 6.92 Å². The average molecular weight is 170 g/mol. The van der Waals surface area contributed by atoms with Crippen molar-refractivity contribution in [3.63, 3.8) is 0 Å². The summed E-state index contributed by atoms with van der Waals surface area (Å²) in [6, 6.07) is 0. The quantitative estimate of drug-likeness (QED) is 0.461. The third kappa shape index (κ3) is 1.49. The summed E-state index contributed by atoms with van der Waals surface area (Å²) in [4.78, 5) is 21.6. The minimum atomic E-state index is -0.541. The lowest BCUT2D eigenvalue weighted by molar-refractivity contribution is -0.148. The maximum absolute atomic E-state index is 11.0. The Bertz CT molecular complexity index is 208. The molecule has 1 fully saturated rings. The fourth-order valence-electron chi connectivity index (χ4n) is 1.25. The summed E-state index contributed by atoms with van der Waals surface area (Å²) in [6.45, 7) is 5.40. The minimum absolute atomic E-state index is 0.0609. The summed E-state index contributed by atoms with van der Waals surface area (Å²) >= 11 is 0. The van der Waals surface area contributed by atoms with Crippen molar-refractivity contribution >= 4 is 12.3 Å². The number of hydrogen-bond acceptors (Lipinski definition) is 3. The molecule has 1 saturated heterocycles. The van der Waals surface area contributed by atoms with Gasteiger partial charge in [-0.25, -0.2) is 0 Å². The van der Waals surface area contributed by atoms with Crippen molar-refractivity contribution in [2.75, 3.05) is 0 Å². The van der Waals surface area contributed by atoms with E-state index in [-0.39, 0.29) is 18.0 Å². The van der Waals surface area contributed by atoms with Crippen molar-refractivity contribution in [2.24, 2.45) is 11.3 Å². The smallest absolute Gasteiger partial charge is 0.309 e. The van der Waals surface area contributed by atoms with Crippen LogP contribution in [0.1, 0.15) is 27.2 Å². The third-order valence-corrected chi connectivity index (χ3v) is 2.36. The Hall–Kier alpha value is -0.860. The van der Waals surface area contributed by atoms with Gasteiger partial charge >= 0.3 is 5.97 Å². The van der Waals surface area contributed by atoms with E-state index in [2.05, 4.69) is 0 Å². The summed E-state index contributed by atoms with van der Waals surface area (Å²) in [5.74, 6) is -0.246. The summed E-state index contributed by atoms with van der Waals surface area (Å²) in [5.41, 5.74) is -0.541. The van der Waals surface area contributed by atoms with Gasteiger partial charge in [-0.05, 0) is 20.3 Å². The van der Waals surface area contributed by atoms with E-state index in [1.165, 1.54) is 0 Å². The molecule has 1 aliphatic rings. The number of esters is 1. The molecule has 68 valence electrons. The molecule has 0 bridgehead atoms. The Kier molecular flexibility index (Phi) is 2.22. The molecule has 0 aromatic rings. The second-order valence-electron chi connectivity index (χ2n) is 4.00. The van der Waals surface area contributed by atoms with Crippen LogP contribution in [0, 0.1) is 11.3 Å². The molecule has 3 nitrogen and oxygen atoms in total. The van der Waals surface area contributed by atoms with E-state index in [0.29, 0.717) is 6.42 Å². The topological polar surface area (TPSA) is 43.4 Å². The molecule has 1 rings (SSSR count). The second-order valence-corrected chi connectivity index (χ2v) is 4.00. The van der Waals surface area contributed by atoms with Gasteiger partial charge in [0, 0.05) is 0 Å². The molecular weight excluding hydrogens is 156 g/mol. The van der Waals surface area contributed by atoms with Crippen LogP contribution in [-0.2, 0) is 14.3 Å². The van der Waals surface area contributed by atoms with Crippen molar-refractivity contribution in [3.05, 3.63) is 0 Å². The zero-order valence-electron chi connectivity index (χ0n) is 7.66. The van der Waals surface area contributed by atoms with E-state index in [1.54, 1.807) is 13.8 Å². The van der Waals surface area contributed by atoms with E-state index in [4.69, 9.17) is 4.74 Å². The summed E-state index contributed by atoms with van der Waals surface area (Å²) in [6.07, 6.45) is 1.27. The highest BCUT2D eigenvalue weighted by Crippen LogP contribution is 2.32. The van der Waals surface area contributed by atoms with Crippen LogP contribution in [0.15, 0.2) is 0 Å². The minimum Gasteiger partial charge on any atom is -0.461 e. The van der Waals surface area contributed by atoms with E-state index in [9.17, 15) is 9.59 Å². The molecule has 0 aliphatic carbocycles. The normalized spacial score (nSPS) is 30.1. The van der Waals surface area contributed by atoms with Gasteiger partial charge in [-0.3, -0.25) is 4.79 Å². The predicted molar refractivity (Wildman–Crippen MR) is 43.5 cm³/mol. The first-order chi connectivity index (χ1) is 5.47. The Labute approximate surface area is 72.1 Å². The molecular formula is C9H14O3. The van der Waals surface area contributed by atoms with Gasteiger partial charge in [0.1, 0.15) is 12.4 Å². The molecule has 1 aliphatic heterocycles. The first-order valence-electron chi connectivity index (χ1n) is 4.14. The molecule has 3 heteroatoms. The second kappa shape index (κ2) is 2.88.